The molecular weight excluding hydrogens is 538 g/mol. The molecule has 4 nitrogen and oxygen atoms in total. The molecule has 0 N–H and O–H groups in total. The van der Waals surface area contributed by atoms with Crippen molar-refractivity contribution in [2.24, 2.45) is 33.7 Å². The number of allylic oxidation sites excluding steroid dienone is 11. The van der Waals surface area contributed by atoms with Gasteiger partial charge in [-0.2, -0.15) is 0 Å². The molecule has 2 heterocycles. The zero-order valence-corrected chi connectivity index (χ0v) is 28.3. The largest absolute Gasteiger partial charge is 0.371 e. The van der Waals surface area contributed by atoms with Crippen molar-refractivity contribution >= 4 is 17.2 Å². The number of hydrogen-bond acceptors (Lipinski definition) is 4. The van der Waals surface area contributed by atoms with E-state index in [-0.39, 0.29) is 11.7 Å². The molecule has 4 heteroatoms. The van der Waals surface area contributed by atoms with Crippen molar-refractivity contribution < 1.29 is 4.79 Å². The second kappa shape index (κ2) is 16.5. The van der Waals surface area contributed by atoms with Gasteiger partial charge in [0.15, 0.2) is 5.78 Å². The van der Waals surface area contributed by atoms with Gasteiger partial charge in [0.05, 0.1) is 11.4 Å². The van der Waals surface area contributed by atoms with E-state index >= 15 is 0 Å². The summed E-state index contributed by atoms with van der Waals surface area (Å²) >= 11 is 0. The predicted octanol–water partition coefficient (Wildman–Crippen LogP) is 9.74. The molecule has 2 fully saturated rings. The zero-order valence-electron chi connectivity index (χ0n) is 28.3. The van der Waals surface area contributed by atoms with Crippen LogP contribution in [0.3, 0.4) is 0 Å². The van der Waals surface area contributed by atoms with Crippen LogP contribution in [-0.2, 0) is 4.79 Å². The summed E-state index contributed by atoms with van der Waals surface area (Å²) < 4.78 is 0. The number of ketones is 1. The Hall–Kier alpha value is -3.53. The van der Waals surface area contributed by atoms with E-state index in [1.54, 1.807) is 13.1 Å². The van der Waals surface area contributed by atoms with Crippen molar-refractivity contribution in [2.45, 2.75) is 79.6 Å². The average molecular weight is 594 g/mol. The molecule has 1 saturated carbocycles. The molecule has 2 aliphatic heterocycles. The quantitative estimate of drug-likeness (QED) is 0.0978. The van der Waals surface area contributed by atoms with E-state index in [4.69, 9.17) is 4.99 Å². The minimum Gasteiger partial charge on any atom is -0.371 e. The van der Waals surface area contributed by atoms with Gasteiger partial charge in [0, 0.05) is 44.0 Å². The third-order valence-electron chi connectivity index (χ3n) is 9.58. The number of carbonyl (C=O) groups is 1. The minimum atomic E-state index is -0.114. The first kappa shape index (κ1) is 35.0. The first-order chi connectivity index (χ1) is 21.0. The Balaban J connectivity index is 1.89. The molecule has 0 aromatic rings. The van der Waals surface area contributed by atoms with Gasteiger partial charge in [-0.3, -0.25) is 14.8 Å². The standard InChI is InChI=1S/C40H55N3O/c1-11-27(4)21-29(6)37(28(5)12-2)24-38(41-10)39-25-40(44)30(7)22-35(42-39)17-18-36(13-3)43-20-19-34(23-33-15-14-16-33)32(9)31(8)26-43/h11,13,17-18,21,24-25,29,31,33-34H,1,5,7,9,12,14-16,19-20,22-23,26H2,2-4,6,8,10H3/b18-17-,27-21-,36-13+,37-24-,41-38?/t29?,31-,34?/m1/s1. The maximum atomic E-state index is 13.0. The van der Waals surface area contributed by atoms with Crippen LogP contribution in [0, 0.1) is 23.7 Å². The van der Waals surface area contributed by atoms with Gasteiger partial charge in [-0.05, 0) is 86.2 Å². The van der Waals surface area contributed by atoms with Gasteiger partial charge in [-0.15, -0.1) is 0 Å². The third kappa shape index (κ3) is 9.24. The molecule has 3 atom stereocenters. The maximum absolute atomic E-state index is 13.0. The molecule has 3 aliphatic rings. The van der Waals surface area contributed by atoms with Crippen molar-refractivity contribution in [3.8, 4) is 0 Å². The molecule has 0 bridgehead atoms. The fourth-order valence-electron chi connectivity index (χ4n) is 6.34. The number of rotatable bonds is 12. The van der Waals surface area contributed by atoms with Gasteiger partial charge < -0.3 is 4.90 Å². The lowest BCUT2D eigenvalue weighted by Gasteiger charge is -2.30. The smallest absolute Gasteiger partial charge is 0.183 e. The fraction of sp³-hybridized carbons (Fsp3) is 0.475. The summed E-state index contributed by atoms with van der Waals surface area (Å²) in [6.07, 6.45) is 21.8. The highest BCUT2D eigenvalue weighted by atomic mass is 16.1. The zero-order chi connectivity index (χ0) is 32.4. The van der Waals surface area contributed by atoms with Crippen LogP contribution >= 0.6 is 0 Å². The summed E-state index contributed by atoms with van der Waals surface area (Å²) in [4.78, 5) is 25.1. The van der Waals surface area contributed by atoms with Crippen molar-refractivity contribution in [1.29, 1.82) is 0 Å². The highest BCUT2D eigenvalue weighted by Gasteiger charge is 2.29. The predicted molar refractivity (Wildman–Crippen MR) is 191 cm³/mol. The summed E-state index contributed by atoms with van der Waals surface area (Å²) in [6.45, 7) is 29.5. The highest BCUT2D eigenvalue weighted by molar-refractivity contribution is 6.19. The van der Waals surface area contributed by atoms with Crippen LogP contribution in [0.2, 0.25) is 0 Å². The Bertz CT molecular complexity index is 1350. The molecule has 3 rings (SSSR count). The topological polar surface area (TPSA) is 45.0 Å². The SMILES string of the molecule is C=C/C(C)=C\C(C)/C(=C\C(=NC)C1=CC(=O)C(=C)CC(/C=C\C(=C/C)N2CCC(CC3CCC3)C(=C)[C@H](C)C2)=N1)C(=C)CC. The van der Waals surface area contributed by atoms with Crippen molar-refractivity contribution in [3.05, 3.63) is 108 Å². The highest BCUT2D eigenvalue weighted by Crippen LogP contribution is 2.39. The fourth-order valence-corrected chi connectivity index (χ4v) is 6.34. The van der Waals surface area contributed by atoms with E-state index in [0.717, 1.165) is 54.3 Å². The molecule has 44 heavy (non-hydrogen) atoms. The van der Waals surface area contributed by atoms with Gasteiger partial charge in [-0.1, -0.05) is 101 Å². The van der Waals surface area contributed by atoms with E-state index in [0.29, 0.717) is 35.2 Å². The first-order valence-corrected chi connectivity index (χ1v) is 16.5. The first-order valence-electron chi connectivity index (χ1n) is 16.5. The Morgan fingerprint density at radius 3 is 2.57 bits per heavy atom. The average Bonchev–Trinajstić information content (AvgIpc) is 3.21. The number of aliphatic imine (C=N–C) groups is 2. The lowest BCUT2D eigenvalue weighted by molar-refractivity contribution is -0.111. The van der Waals surface area contributed by atoms with Gasteiger partial charge in [0.25, 0.3) is 0 Å². The van der Waals surface area contributed by atoms with Crippen molar-refractivity contribution in [2.75, 3.05) is 20.1 Å². The van der Waals surface area contributed by atoms with Crippen LogP contribution in [0.4, 0.5) is 0 Å². The van der Waals surface area contributed by atoms with Gasteiger partial charge >= 0.3 is 0 Å². The lowest BCUT2D eigenvalue weighted by Crippen LogP contribution is -2.26. The summed E-state index contributed by atoms with van der Waals surface area (Å²) in [5.41, 5.74) is 8.33. The summed E-state index contributed by atoms with van der Waals surface area (Å²) in [7, 11) is 1.74. The molecule has 0 aromatic heterocycles. The van der Waals surface area contributed by atoms with Gasteiger partial charge in [-0.25, -0.2) is 0 Å². The Kier molecular flexibility index (Phi) is 13.1. The normalized spacial score (nSPS) is 24.0. The van der Waals surface area contributed by atoms with E-state index in [9.17, 15) is 4.79 Å². The molecule has 1 saturated heterocycles. The van der Waals surface area contributed by atoms with E-state index in [1.807, 2.05) is 25.2 Å². The molecule has 1 aliphatic carbocycles. The van der Waals surface area contributed by atoms with Crippen LogP contribution in [0.15, 0.2) is 118 Å². The molecule has 2 unspecified atom stereocenters. The third-order valence-corrected chi connectivity index (χ3v) is 9.58. The molecule has 0 amide bonds. The Morgan fingerprint density at radius 1 is 1.25 bits per heavy atom. The van der Waals surface area contributed by atoms with Gasteiger partial charge in [0.2, 0.25) is 0 Å². The van der Waals surface area contributed by atoms with Crippen LogP contribution in [0.5, 0.6) is 0 Å². The molecular formula is C40H55N3O. The number of hydrogen-bond donors (Lipinski definition) is 0. The summed E-state index contributed by atoms with van der Waals surface area (Å²) in [5, 5.41) is 0. The van der Waals surface area contributed by atoms with E-state index in [1.165, 1.54) is 37.0 Å². The van der Waals surface area contributed by atoms with Crippen molar-refractivity contribution in [1.82, 2.24) is 4.90 Å². The van der Waals surface area contributed by atoms with Crippen LogP contribution in [-0.4, -0.2) is 42.2 Å². The Morgan fingerprint density at radius 2 is 1.98 bits per heavy atom. The number of nitrogens with zero attached hydrogens (tertiary/aromatic N) is 3. The second-order valence-corrected chi connectivity index (χ2v) is 12.8. The number of carbonyl (C=O) groups excluding carboxylic acids is 1. The maximum Gasteiger partial charge on any atom is 0.183 e. The number of likely N-dealkylation sites (tertiary alicyclic amines) is 1. The summed E-state index contributed by atoms with van der Waals surface area (Å²) in [6, 6.07) is 0. The minimum absolute atomic E-state index is 0.107. The summed E-state index contributed by atoms with van der Waals surface area (Å²) in [5.74, 6) is 1.94. The monoisotopic (exact) mass is 593 g/mol. The van der Waals surface area contributed by atoms with Crippen LogP contribution in [0.25, 0.3) is 0 Å². The van der Waals surface area contributed by atoms with E-state index < -0.39 is 0 Å². The van der Waals surface area contributed by atoms with Gasteiger partial charge in [0.1, 0.15) is 0 Å². The van der Waals surface area contributed by atoms with Crippen LogP contribution in [0.1, 0.15) is 79.6 Å². The Labute approximate surface area is 267 Å². The van der Waals surface area contributed by atoms with Crippen LogP contribution < -0.4 is 0 Å². The lowest BCUT2D eigenvalue weighted by atomic mass is 9.75. The molecule has 0 radical (unpaired) electrons. The molecule has 236 valence electrons. The van der Waals surface area contributed by atoms with Crippen molar-refractivity contribution in [3.63, 3.8) is 0 Å². The molecule has 0 spiro atoms. The second-order valence-electron chi connectivity index (χ2n) is 12.8. The van der Waals surface area contributed by atoms with E-state index in [2.05, 4.69) is 82.1 Å². The molecule has 0 aromatic carbocycles.